The number of anilines is 1. The molecule has 1 aromatic heterocycles. The van der Waals surface area contributed by atoms with E-state index in [1.54, 1.807) is 0 Å². The topological polar surface area (TPSA) is 41.0 Å². The van der Waals surface area contributed by atoms with E-state index < -0.39 is 12.7 Å². The molecule has 0 aliphatic carbocycles. The summed E-state index contributed by atoms with van der Waals surface area (Å²) < 4.78 is 36.8. The summed E-state index contributed by atoms with van der Waals surface area (Å²) in [6.45, 7) is 2.01. The fraction of sp³-hybridized carbons (Fsp3) is 0.667. The van der Waals surface area contributed by atoms with Crippen LogP contribution in [0.2, 0.25) is 0 Å². The van der Waals surface area contributed by atoms with E-state index in [2.05, 4.69) is 15.3 Å². The SMILES string of the molecule is CCc1cc(NC2CCN(CC(F)(F)F)C2)ncn1. The van der Waals surface area contributed by atoms with Gasteiger partial charge in [0.1, 0.15) is 12.1 Å². The summed E-state index contributed by atoms with van der Waals surface area (Å²) in [7, 11) is 0. The fourth-order valence-electron chi connectivity index (χ4n) is 2.23. The second-order valence-electron chi connectivity index (χ2n) is 4.73. The van der Waals surface area contributed by atoms with Crippen LogP contribution in [0, 0.1) is 0 Å². The minimum Gasteiger partial charge on any atom is -0.366 e. The van der Waals surface area contributed by atoms with E-state index in [0.717, 1.165) is 12.1 Å². The largest absolute Gasteiger partial charge is 0.401 e. The van der Waals surface area contributed by atoms with Crippen LogP contribution in [0.3, 0.4) is 0 Å². The molecule has 0 aromatic carbocycles. The molecule has 106 valence electrons. The Kier molecular flexibility index (Phi) is 4.24. The number of aromatic nitrogens is 2. The Hall–Kier alpha value is -1.37. The predicted octanol–water partition coefficient (Wildman–Crippen LogP) is 2.09. The van der Waals surface area contributed by atoms with Crippen molar-refractivity contribution in [3.05, 3.63) is 18.1 Å². The van der Waals surface area contributed by atoms with Gasteiger partial charge in [-0.15, -0.1) is 0 Å². The number of nitrogens with zero attached hydrogens (tertiary/aromatic N) is 3. The van der Waals surface area contributed by atoms with Crippen molar-refractivity contribution in [3.63, 3.8) is 0 Å². The highest BCUT2D eigenvalue weighted by Crippen LogP contribution is 2.21. The van der Waals surface area contributed by atoms with Crippen molar-refractivity contribution in [1.82, 2.24) is 14.9 Å². The van der Waals surface area contributed by atoms with E-state index in [4.69, 9.17) is 0 Å². The highest BCUT2D eigenvalue weighted by atomic mass is 19.4. The molecule has 1 atom stereocenters. The first-order chi connectivity index (χ1) is 8.96. The molecule has 0 spiro atoms. The molecule has 2 rings (SSSR count). The number of nitrogens with one attached hydrogen (secondary N) is 1. The predicted molar refractivity (Wildman–Crippen MR) is 65.9 cm³/mol. The highest BCUT2D eigenvalue weighted by molar-refractivity contribution is 5.36. The van der Waals surface area contributed by atoms with E-state index in [1.807, 2.05) is 13.0 Å². The molecule has 1 aliphatic rings. The van der Waals surface area contributed by atoms with Crippen LogP contribution in [-0.2, 0) is 6.42 Å². The van der Waals surface area contributed by atoms with Crippen molar-refractivity contribution in [2.75, 3.05) is 25.0 Å². The average Bonchev–Trinajstić information content (AvgIpc) is 2.74. The summed E-state index contributed by atoms with van der Waals surface area (Å²) in [6, 6.07) is 1.86. The van der Waals surface area contributed by atoms with Crippen LogP contribution >= 0.6 is 0 Å². The second-order valence-corrected chi connectivity index (χ2v) is 4.73. The summed E-state index contributed by atoms with van der Waals surface area (Å²) in [5.41, 5.74) is 0.919. The van der Waals surface area contributed by atoms with Gasteiger partial charge in [-0.2, -0.15) is 13.2 Å². The molecular weight excluding hydrogens is 257 g/mol. The van der Waals surface area contributed by atoms with Crippen LogP contribution in [0.15, 0.2) is 12.4 Å². The van der Waals surface area contributed by atoms with Crippen LogP contribution in [0.4, 0.5) is 19.0 Å². The number of rotatable bonds is 4. The number of halogens is 3. The molecule has 0 bridgehead atoms. The molecule has 7 heteroatoms. The van der Waals surface area contributed by atoms with E-state index in [-0.39, 0.29) is 6.04 Å². The lowest BCUT2D eigenvalue weighted by Gasteiger charge is -2.18. The van der Waals surface area contributed by atoms with Crippen molar-refractivity contribution in [3.8, 4) is 0 Å². The van der Waals surface area contributed by atoms with Crippen LogP contribution < -0.4 is 5.32 Å². The first-order valence-corrected chi connectivity index (χ1v) is 6.33. The van der Waals surface area contributed by atoms with Gasteiger partial charge in [-0.3, -0.25) is 4.90 Å². The van der Waals surface area contributed by atoms with Gasteiger partial charge in [-0.05, 0) is 12.8 Å². The van der Waals surface area contributed by atoms with E-state index in [0.29, 0.717) is 25.3 Å². The third-order valence-electron chi connectivity index (χ3n) is 3.11. The summed E-state index contributed by atoms with van der Waals surface area (Å²) in [6.07, 6.45) is -1.15. The normalized spacial score (nSPS) is 20.7. The molecule has 4 nitrogen and oxygen atoms in total. The van der Waals surface area contributed by atoms with Gasteiger partial charge in [0.25, 0.3) is 0 Å². The Balaban J connectivity index is 1.87. The van der Waals surface area contributed by atoms with Crippen molar-refractivity contribution in [1.29, 1.82) is 0 Å². The molecule has 19 heavy (non-hydrogen) atoms. The summed E-state index contributed by atoms with van der Waals surface area (Å²) in [4.78, 5) is 9.59. The molecule has 1 N–H and O–H groups in total. The minimum absolute atomic E-state index is 0.0157. The summed E-state index contributed by atoms with van der Waals surface area (Å²) in [5, 5.41) is 3.17. The lowest BCUT2D eigenvalue weighted by Crippen LogP contribution is -2.34. The zero-order chi connectivity index (χ0) is 13.9. The Labute approximate surface area is 110 Å². The molecular formula is C12H17F3N4. The molecule has 1 fully saturated rings. The maximum Gasteiger partial charge on any atom is 0.401 e. The monoisotopic (exact) mass is 274 g/mol. The number of likely N-dealkylation sites (tertiary alicyclic amines) is 1. The van der Waals surface area contributed by atoms with Crippen molar-refractivity contribution in [2.24, 2.45) is 0 Å². The van der Waals surface area contributed by atoms with E-state index >= 15 is 0 Å². The lowest BCUT2D eigenvalue weighted by atomic mass is 10.2. The Morgan fingerprint density at radius 1 is 1.42 bits per heavy atom. The Morgan fingerprint density at radius 3 is 2.89 bits per heavy atom. The molecule has 0 amide bonds. The molecule has 2 heterocycles. The zero-order valence-electron chi connectivity index (χ0n) is 10.7. The summed E-state index contributed by atoms with van der Waals surface area (Å²) in [5.74, 6) is 0.686. The van der Waals surface area contributed by atoms with Crippen molar-refractivity contribution in [2.45, 2.75) is 32.0 Å². The van der Waals surface area contributed by atoms with Gasteiger partial charge in [0.2, 0.25) is 0 Å². The number of alkyl halides is 3. The Bertz CT molecular complexity index is 422. The highest BCUT2D eigenvalue weighted by Gasteiger charge is 2.34. The van der Waals surface area contributed by atoms with Gasteiger partial charge in [-0.1, -0.05) is 6.92 Å². The van der Waals surface area contributed by atoms with Crippen LogP contribution in [0.5, 0.6) is 0 Å². The number of hydrogen-bond acceptors (Lipinski definition) is 4. The molecule has 0 radical (unpaired) electrons. The average molecular weight is 274 g/mol. The molecule has 1 saturated heterocycles. The van der Waals surface area contributed by atoms with E-state index in [1.165, 1.54) is 11.2 Å². The van der Waals surface area contributed by atoms with Gasteiger partial charge >= 0.3 is 6.18 Å². The van der Waals surface area contributed by atoms with Gasteiger partial charge < -0.3 is 5.32 Å². The first kappa shape index (κ1) is 14.0. The molecule has 0 saturated carbocycles. The number of hydrogen-bond donors (Lipinski definition) is 1. The lowest BCUT2D eigenvalue weighted by molar-refractivity contribution is -0.143. The van der Waals surface area contributed by atoms with Gasteiger partial charge in [0, 0.05) is 30.9 Å². The standard InChI is InChI=1S/C12H17F3N4/c1-2-9-5-11(17-8-16-9)18-10-3-4-19(6-10)7-12(13,14)15/h5,8,10H,2-4,6-7H2,1H3,(H,16,17,18). The molecule has 1 aromatic rings. The fourth-order valence-corrected chi connectivity index (χ4v) is 2.23. The van der Waals surface area contributed by atoms with Gasteiger partial charge in [0.15, 0.2) is 0 Å². The smallest absolute Gasteiger partial charge is 0.366 e. The third-order valence-corrected chi connectivity index (χ3v) is 3.11. The molecule has 1 unspecified atom stereocenters. The second kappa shape index (κ2) is 5.73. The first-order valence-electron chi connectivity index (χ1n) is 6.33. The van der Waals surface area contributed by atoms with Crippen molar-refractivity contribution < 1.29 is 13.2 Å². The molecule has 1 aliphatic heterocycles. The van der Waals surface area contributed by atoms with Gasteiger partial charge in [-0.25, -0.2) is 9.97 Å². The quantitative estimate of drug-likeness (QED) is 0.912. The third kappa shape index (κ3) is 4.34. The van der Waals surface area contributed by atoms with E-state index in [9.17, 15) is 13.2 Å². The maximum atomic E-state index is 12.3. The summed E-state index contributed by atoms with van der Waals surface area (Å²) >= 11 is 0. The van der Waals surface area contributed by atoms with Gasteiger partial charge in [0.05, 0.1) is 6.54 Å². The zero-order valence-corrected chi connectivity index (χ0v) is 10.7. The minimum atomic E-state index is -4.13. The Morgan fingerprint density at radius 2 is 2.21 bits per heavy atom. The van der Waals surface area contributed by atoms with Crippen molar-refractivity contribution >= 4 is 5.82 Å². The van der Waals surface area contributed by atoms with Crippen LogP contribution in [-0.4, -0.2) is 46.7 Å². The van der Waals surface area contributed by atoms with Crippen LogP contribution in [0.1, 0.15) is 19.0 Å². The number of aryl methyl sites for hydroxylation is 1. The van der Waals surface area contributed by atoms with Crippen LogP contribution in [0.25, 0.3) is 0 Å². The maximum absolute atomic E-state index is 12.3.